The van der Waals surface area contributed by atoms with Gasteiger partial charge in [-0.15, -0.1) is 0 Å². The Morgan fingerprint density at radius 1 is 0.906 bits per heavy atom. The normalized spacial score (nSPS) is 42.2. The van der Waals surface area contributed by atoms with Gasteiger partial charge in [0.2, 0.25) is 0 Å². The summed E-state index contributed by atoms with van der Waals surface area (Å²) in [4.78, 5) is 0. The second-order valence-corrected chi connectivity index (χ2v) is 12.4. The van der Waals surface area contributed by atoms with Gasteiger partial charge < -0.3 is 11.7 Å². The monoisotopic (exact) mass is 491 g/mol. The molecule has 0 aromatic carbocycles. The van der Waals surface area contributed by atoms with Gasteiger partial charge in [0.25, 0.3) is 0 Å². The third kappa shape index (κ3) is 6.13. The Morgan fingerprint density at radius 3 is 2.31 bits per heavy atom. The van der Waals surface area contributed by atoms with E-state index in [0.717, 1.165) is 42.1 Å². The van der Waals surface area contributed by atoms with Gasteiger partial charge in [0.1, 0.15) is 0 Å². The van der Waals surface area contributed by atoms with Gasteiger partial charge in [0.05, 0.1) is 0 Å². The van der Waals surface area contributed by atoms with Crippen LogP contribution in [-0.2, 0) is 11.7 Å². The molecule has 32 heavy (non-hydrogen) atoms. The zero-order valence-electron chi connectivity index (χ0n) is 21.7. The first kappa shape index (κ1) is 31.7. The van der Waals surface area contributed by atoms with Crippen LogP contribution in [0.3, 0.4) is 0 Å². The van der Waals surface area contributed by atoms with E-state index < -0.39 is 0 Å². The van der Waals surface area contributed by atoms with Crippen molar-refractivity contribution in [1.82, 2.24) is 4.72 Å². The van der Waals surface area contributed by atoms with Crippen LogP contribution in [0.5, 0.6) is 0 Å². The van der Waals surface area contributed by atoms with E-state index in [0.29, 0.717) is 10.8 Å². The first-order valence-corrected chi connectivity index (χ1v) is 15.3. The minimum Gasteiger partial charge on any atom is -0.702 e. The predicted octanol–water partition coefficient (Wildman–Crippen LogP) is 6.21. The summed E-state index contributed by atoms with van der Waals surface area (Å²) in [7, 11) is 1.36. The molecule has 4 saturated carbocycles. The minimum absolute atomic E-state index is 0. The molecule has 184 valence electrons. The van der Waals surface area contributed by atoms with Crippen LogP contribution >= 0.6 is 11.0 Å². The second-order valence-electron chi connectivity index (χ2n) is 11.4. The molecule has 0 bridgehead atoms. The van der Waals surface area contributed by atoms with Crippen molar-refractivity contribution in [3.8, 4) is 0 Å². The largest absolute Gasteiger partial charge is 1.00 e. The predicted molar refractivity (Wildman–Crippen MR) is 144 cm³/mol. The first-order chi connectivity index (χ1) is 14.5. The van der Waals surface area contributed by atoms with E-state index in [4.69, 9.17) is 11.7 Å². The molecule has 4 fully saturated rings. The molecule has 4 aliphatic carbocycles. The zero-order valence-corrected chi connectivity index (χ0v) is 25.3. The Labute approximate surface area is 233 Å². The third-order valence-electron chi connectivity index (χ3n) is 10.6. The van der Waals surface area contributed by atoms with Crippen LogP contribution in [0.1, 0.15) is 126 Å². The quantitative estimate of drug-likeness (QED) is 0.150. The van der Waals surface area contributed by atoms with E-state index in [-0.39, 0.29) is 37.0 Å². The van der Waals surface area contributed by atoms with E-state index in [2.05, 4.69) is 25.5 Å². The Bertz CT molecular complexity index is 532. The Kier molecular flexibility index (Phi) is 14.3. The number of nitrogens with one attached hydrogen (secondary N) is 1. The van der Waals surface area contributed by atoms with Crippen molar-refractivity contribution in [3.63, 3.8) is 0 Å². The molecule has 4 aliphatic rings. The molecule has 4 rings (SSSR count). The van der Waals surface area contributed by atoms with Crippen molar-refractivity contribution in [3.05, 3.63) is 0 Å². The smallest absolute Gasteiger partial charge is 0.702 e. The maximum absolute atomic E-state index is 4.93. The summed E-state index contributed by atoms with van der Waals surface area (Å²) in [6.07, 6.45) is 19.4. The van der Waals surface area contributed by atoms with Gasteiger partial charge in [0.15, 0.2) is 0 Å². The van der Waals surface area contributed by atoms with Crippen LogP contribution in [0.4, 0.5) is 0 Å². The van der Waals surface area contributed by atoms with E-state index >= 15 is 0 Å². The van der Waals surface area contributed by atoms with Gasteiger partial charge in [-0.1, -0.05) is 67.7 Å². The first-order valence-electron chi connectivity index (χ1n) is 13.6. The fourth-order valence-corrected chi connectivity index (χ4v) is 9.71. The molecule has 1 nitrogen and oxygen atoms in total. The van der Waals surface area contributed by atoms with Crippen LogP contribution in [0.15, 0.2) is 0 Å². The van der Waals surface area contributed by atoms with Crippen LogP contribution in [-0.4, -0.2) is 6.54 Å². The van der Waals surface area contributed by atoms with Crippen molar-refractivity contribution < 1.29 is 29.6 Å². The molecule has 0 aromatic rings. The number of fused-ring (bicyclic) bond motifs is 5. The molecular formula is C28H54NNaS2. The summed E-state index contributed by atoms with van der Waals surface area (Å²) >= 11 is 4.93. The third-order valence-corrected chi connectivity index (χ3v) is 11.3. The Balaban J connectivity index is 0.00000125. The summed E-state index contributed by atoms with van der Waals surface area (Å²) < 4.78 is 3.25. The molecule has 1 N–H and O–H groups in total. The zero-order chi connectivity index (χ0) is 21.8. The summed E-state index contributed by atoms with van der Waals surface area (Å²) in [5.74, 6) is 6.19. The Morgan fingerprint density at radius 2 is 1.62 bits per heavy atom. The Hall–Kier alpha value is 1.66. The fourth-order valence-electron chi connectivity index (χ4n) is 9.23. The van der Waals surface area contributed by atoms with Crippen molar-refractivity contribution in [2.75, 3.05) is 6.54 Å². The maximum atomic E-state index is 4.93. The molecule has 0 amide bonds. The topological polar surface area (TPSA) is 12.0 Å². The van der Waals surface area contributed by atoms with E-state index in [1.54, 1.807) is 25.7 Å². The van der Waals surface area contributed by atoms with Gasteiger partial charge >= 0.3 is 29.6 Å². The van der Waals surface area contributed by atoms with Crippen molar-refractivity contribution >= 4 is 22.6 Å². The molecule has 0 aliphatic heterocycles. The average Bonchev–Trinajstić information content (AvgIpc) is 3.10. The maximum Gasteiger partial charge on any atom is 1.00 e. The minimum atomic E-state index is 0. The molecule has 0 radical (unpaired) electrons. The van der Waals surface area contributed by atoms with Crippen LogP contribution in [0.2, 0.25) is 0 Å². The summed E-state index contributed by atoms with van der Waals surface area (Å²) in [5.41, 5.74) is 1.33. The average molecular weight is 492 g/mol. The number of hydrogen-bond acceptors (Lipinski definition) is 3. The molecule has 0 saturated heterocycles. The van der Waals surface area contributed by atoms with Gasteiger partial charge in [-0.2, -0.15) is 0 Å². The molecule has 4 heteroatoms. The standard InChI is InChI=1S/C25H45NS2.C2H6.CH4.Na/c1-4-18-17-20-22-12-11-19(9-6-8-16-26-28-27)24(22,2)15-13-23(20)25(3)14-7-5-10-21(18)25;1-2;;/h18-23,26-27H,4-17H2,1-3H3;1-2H3;1H4;/q;;;+1/p-1/t18-,19?,20?,21?,22?,23?,24?,25?;;;/m0.../s1. The van der Waals surface area contributed by atoms with E-state index in [1.807, 2.05) is 13.8 Å². The number of rotatable bonds is 7. The molecule has 0 spiro atoms. The van der Waals surface area contributed by atoms with Crippen LogP contribution in [0, 0.1) is 46.3 Å². The van der Waals surface area contributed by atoms with Gasteiger partial charge in [-0.05, 0) is 104 Å². The fraction of sp³-hybridized carbons (Fsp3) is 1.00. The van der Waals surface area contributed by atoms with Crippen LogP contribution in [0.25, 0.3) is 0 Å². The molecule has 0 heterocycles. The van der Waals surface area contributed by atoms with E-state index in [9.17, 15) is 0 Å². The van der Waals surface area contributed by atoms with Crippen LogP contribution < -0.4 is 34.3 Å². The van der Waals surface area contributed by atoms with Gasteiger partial charge in [-0.3, -0.25) is 15.7 Å². The van der Waals surface area contributed by atoms with E-state index in [1.165, 1.54) is 68.8 Å². The molecule has 8 atom stereocenters. The van der Waals surface area contributed by atoms with Crippen molar-refractivity contribution in [2.45, 2.75) is 126 Å². The summed E-state index contributed by atoms with van der Waals surface area (Å²) in [5, 5.41) is 0. The summed E-state index contributed by atoms with van der Waals surface area (Å²) in [6.45, 7) is 13.0. The number of unbranched alkanes of at least 4 members (excludes halogenated alkanes) is 1. The molecule has 7 unspecified atom stereocenters. The molecular weight excluding hydrogens is 437 g/mol. The molecule has 0 aromatic heterocycles. The van der Waals surface area contributed by atoms with Crippen molar-refractivity contribution in [1.29, 1.82) is 0 Å². The summed E-state index contributed by atoms with van der Waals surface area (Å²) in [6, 6.07) is 0. The van der Waals surface area contributed by atoms with Gasteiger partial charge in [-0.25, -0.2) is 0 Å². The van der Waals surface area contributed by atoms with Gasteiger partial charge in [0, 0.05) is 6.54 Å². The number of hydrogen-bond donors (Lipinski definition) is 1. The SMILES string of the molecule is C.CC.CC[C@H]1CC2C3CCC(CCCCNS[S-])C3(C)CCC2C2(C)CCCCC12.[Na+]. The van der Waals surface area contributed by atoms with Crippen molar-refractivity contribution in [2.24, 2.45) is 46.3 Å². The second kappa shape index (κ2) is 14.4.